The Morgan fingerprint density at radius 3 is 2.58 bits per heavy atom. The molecule has 0 spiro atoms. The van der Waals surface area contributed by atoms with E-state index in [1.807, 2.05) is 17.5 Å². The van der Waals surface area contributed by atoms with Crippen molar-refractivity contribution in [1.82, 2.24) is 4.98 Å². The van der Waals surface area contributed by atoms with Crippen LogP contribution in [0, 0.1) is 6.92 Å². The number of benzene rings is 1. The number of thiazole rings is 1. The van der Waals surface area contributed by atoms with Gasteiger partial charge in [0.25, 0.3) is 0 Å². The summed E-state index contributed by atoms with van der Waals surface area (Å²) < 4.78 is 42.2. The number of amides is 2. The second kappa shape index (κ2) is 9.92. The van der Waals surface area contributed by atoms with E-state index < -0.39 is 18.7 Å². The van der Waals surface area contributed by atoms with Crippen LogP contribution in [0.4, 0.5) is 24.0 Å². The van der Waals surface area contributed by atoms with Gasteiger partial charge in [-0.3, -0.25) is 9.59 Å². The standard InChI is InChI=1S/C20H18F3N3O3S2/c1-12-4-5-15(16(7-12)29-11-20(21,22)23)25-17(27)8-13-10-31-19(24-13)26-18(28)9-14-3-2-6-30-14/h2-7,10H,8-9,11H2,1H3,(H,25,27)(H,24,26,28). The van der Waals surface area contributed by atoms with Crippen LogP contribution in [0.3, 0.4) is 0 Å². The number of carbonyl (C=O) groups is 2. The number of nitrogens with one attached hydrogen (secondary N) is 2. The lowest BCUT2D eigenvalue weighted by Crippen LogP contribution is -2.21. The topological polar surface area (TPSA) is 80.3 Å². The van der Waals surface area contributed by atoms with Crippen LogP contribution in [-0.2, 0) is 22.4 Å². The fraction of sp³-hybridized carbons (Fsp3) is 0.250. The first kappa shape index (κ1) is 22.8. The number of aromatic nitrogens is 1. The van der Waals surface area contributed by atoms with Crippen molar-refractivity contribution < 1.29 is 27.5 Å². The number of rotatable bonds is 8. The zero-order valence-electron chi connectivity index (χ0n) is 16.3. The average Bonchev–Trinajstić information content (AvgIpc) is 3.33. The molecular weight excluding hydrogens is 451 g/mol. The molecule has 2 N–H and O–H groups in total. The van der Waals surface area contributed by atoms with Crippen LogP contribution >= 0.6 is 22.7 Å². The van der Waals surface area contributed by atoms with E-state index in [-0.39, 0.29) is 30.2 Å². The molecule has 3 aromatic rings. The number of ether oxygens (including phenoxy) is 1. The SMILES string of the molecule is Cc1ccc(NC(=O)Cc2csc(NC(=O)Cc3cccs3)n2)c(OCC(F)(F)F)c1. The van der Waals surface area contributed by atoms with Crippen molar-refractivity contribution in [3.05, 3.63) is 57.2 Å². The Morgan fingerprint density at radius 1 is 1.10 bits per heavy atom. The summed E-state index contributed by atoms with van der Waals surface area (Å²) >= 11 is 2.66. The highest BCUT2D eigenvalue weighted by Gasteiger charge is 2.29. The van der Waals surface area contributed by atoms with Gasteiger partial charge in [-0.05, 0) is 36.1 Å². The van der Waals surface area contributed by atoms with Crippen LogP contribution in [0.1, 0.15) is 16.1 Å². The van der Waals surface area contributed by atoms with Gasteiger partial charge in [0.2, 0.25) is 11.8 Å². The Balaban J connectivity index is 1.57. The van der Waals surface area contributed by atoms with Gasteiger partial charge in [-0.15, -0.1) is 22.7 Å². The molecule has 6 nitrogen and oxygen atoms in total. The Bertz CT molecular complexity index is 1050. The van der Waals surface area contributed by atoms with Crippen molar-refractivity contribution in [3.8, 4) is 5.75 Å². The highest BCUT2D eigenvalue weighted by molar-refractivity contribution is 7.14. The van der Waals surface area contributed by atoms with Crippen LogP contribution in [0.15, 0.2) is 41.1 Å². The molecular formula is C20H18F3N3O3S2. The summed E-state index contributed by atoms with van der Waals surface area (Å²) in [7, 11) is 0. The average molecular weight is 470 g/mol. The molecule has 0 fully saturated rings. The number of alkyl halides is 3. The third-order valence-electron chi connectivity index (χ3n) is 3.86. The first-order valence-corrected chi connectivity index (χ1v) is 10.8. The minimum absolute atomic E-state index is 0.0644. The van der Waals surface area contributed by atoms with E-state index in [4.69, 9.17) is 4.74 Å². The van der Waals surface area contributed by atoms with Gasteiger partial charge in [0, 0.05) is 10.3 Å². The lowest BCUT2D eigenvalue weighted by Gasteiger charge is -2.14. The molecule has 11 heteroatoms. The summed E-state index contributed by atoms with van der Waals surface area (Å²) in [4.78, 5) is 29.5. The summed E-state index contributed by atoms with van der Waals surface area (Å²) in [6, 6.07) is 8.28. The van der Waals surface area contributed by atoms with Crippen molar-refractivity contribution in [3.63, 3.8) is 0 Å². The number of hydrogen-bond acceptors (Lipinski definition) is 6. The van der Waals surface area contributed by atoms with Gasteiger partial charge in [0.1, 0.15) is 5.75 Å². The Morgan fingerprint density at radius 2 is 1.87 bits per heavy atom. The molecule has 1 aromatic carbocycles. The summed E-state index contributed by atoms with van der Waals surface area (Å²) in [6.07, 6.45) is -4.36. The predicted octanol–water partition coefficient (Wildman–Crippen LogP) is 4.82. The fourth-order valence-electron chi connectivity index (χ4n) is 2.55. The van der Waals surface area contributed by atoms with Crippen molar-refractivity contribution >= 4 is 45.3 Å². The predicted molar refractivity (Wildman–Crippen MR) is 114 cm³/mol. The van der Waals surface area contributed by atoms with E-state index in [9.17, 15) is 22.8 Å². The van der Waals surface area contributed by atoms with Crippen molar-refractivity contribution in [2.45, 2.75) is 25.9 Å². The molecule has 0 radical (unpaired) electrons. The Hall–Kier alpha value is -2.92. The lowest BCUT2D eigenvalue weighted by molar-refractivity contribution is -0.153. The third-order valence-corrected chi connectivity index (χ3v) is 5.54. The molecule has 0 unspecified atom stereocenters. The summed E-state index contributed by atoms with van der Waals surface area (Å²) in [6.45, 7) is 0.246. The quantitative estimate of drug-likeness (QED) is 0.496. The maximum Gasteiger partial charge on any atom is 0.422 e. The van der Waals surface area contributed by atoms with Gasteiger partial charge in [-0.1, -0.05) is 12.1 Å². The van der Waals surface area contributed by atoms with Crippen molar-refractivity contribution in [2.75, 3.05) is 17.2 Å². The number of halogens is 3. The lowest BCUT2D eigenvalue weighted by atomic mass is 10.2. The molecule has 164 valence electrons. The molecule has 0 aliphatic carbocycles. The number of anilines is 2. The molecule has 0 atom stereocenters. The number of hydrogen-bond donors (Lipinski definition) is 2. The fourth-order valence-corrected chi connectivity index (χ4v) is 3.98. The van der Waals surface area contributed by atoms with Gasteiger partial charge >= 0.3 is 6.18 Å². The zero-order chi connectivity index (χ0) is 22.4. The molecule has 2 amide bonds. The maximum absolute atomic E-state index is 12.5. The van der Waals surface area contributed by atoms with Gasteiger partial charge in [-0.2, -0.15) is 13.2 Å². The van der Waals surface area contributed by atoms with Crippen LogP contribution in [-0.4, -0.2) is 29.6 Å². The number of thiophene rings is 1. The number of carbonyl (C=O) groups excluding carboxylic acids is 2. The van der Waals surface area contributed by atoms with Gasteiger partial charge in [0.15, 0.2) is 11.7 Å². The van der Waals surface area contributed by atoms with E-state index in [2.05, 4.69) is 15.6 Å². The summed E-state index contributed by atoms with van der Waals surface area (Å²) in [5, 5.41) is 9.13. The second-order valence-electron chi connectivity index (χ2n) is 6.58. The van der Waals surface area contributed by atoms with Crippen molar-refractivity contribution in [1.29, 1.82) is 0 Å². The first-order chi connectivity index (χ1) is 14.7. The van der Waals surface area contributed by atoms with Crippen LogP contribution in [0.25, 0.3) is 0 Å². The van der Waals surface area contributed by atoms with Crippen LogP contribution in [0.5, 0.6) is 5.75 Å². The molecule has 0 bridgehead atoms. The van der Waals surface area contributed by atoms with Gasteiger partial charge < -0.3 is 15.4 Å². The molecule has 3 rings (SSSR count). The van der Waals surface area contributed by atoms with Crippen LogP contribution < -0.4 is 15.4 Å². The van der Waals surface area contributed by atoms with E-state index in [0.717, 1.165) is 4.88 Å². The molecule has 2 heterocycles. The minimum atomic E-state index is -4.49. The van der Waals surface area contributed by atoms with E-state index in [0.29, 0.717) is 16.4 Å². The maximum atomic E-state index is 12.5. The largest absolute Gasteiger partial charge is 0.482 e. The summed E-state index contributed by atoms with van der Waals surface area (Å²) in [5.74, 6) is -0.744. The van der Waals surface area contributed by atoms with E-state index >= 15 is 0 Å². The van der Waals surface area contributed by atoms with E-state index in [1.54, 1.807) is 18.4 Å². The van der Waals surface area contributed by atoms with E-state index in [1.165, 1.54) is 34.8 Å². The molecule has 0 saturated carbocycles. The smallest absolute Gasteiger partial charge is 0.422 e. The normalized spacial score (nSPS) is 11.2. The van der Waals surface area contributed by atoms with Crippen LogP contribution in [0.2, 0.25) is 0 Å². The minimum Gasteiger partial charge on any atom is -0.482 e. The molecule has 0 saturated heterocycles. The third kappa shape index (κ3) is 7.37. The van der Waals surface area contributed by atoms with Gasteiger partial charge in [-0.25, -0.2) is 4.98 Å². The molecule has 0 aliphatic rings. The highest BCUT2D eigenvalue weighted by Crippen LogP contribution is 2.28. The van der Waals surface area contributed by atoms with Crippen molar-refractivity contribution in [2.24, 2.45) is 0 Å². The summed E-state index contributed by atoms with van der Waals surface area (Å²) in [5.41, 5.74) is 1.26. The Labute approximate surface area is 184 Å². The monoisotopic (exact) mass is 469 g/mol. The number of aryl methyl sites for hydroxylation is 1. The van der Waals surface area contributed by atoms with Gasteiger partial charge in [0.05, 0.1) is 24.2 Å². The molecule has 31 heavy (non-hydrogen) atoms. The highest BCUT2D eigenvalue weighted by atomic mass is 32.1. The Kier molecular flexibility index (Phi) is 7.29. The first-order valence-electron chi connectivity index (χ1n) is 9.04. The molecule has 2 aromatic heterocycles. The second-order valence-corrected chi connectivity index (χ2v) is 8.47. The zero-order valence-corrected chi connectivity index (χ0v) is 17.9. The molecule has 0 aliphatic heterocycles. The number of nitrogens with zero attached hydrogens (tertiary/aromatic N) is 1.